The van der Waals surface area contributed by atoms with Gasteiger partial charge in [0.15, 0.2) is 0 Å². The molecule has 3 rings (SSSR count). The van der Waals surface area contributed by atoms with Crippen LogP contribution in [0.5, 0.6) is 10.4 Å². The first-order chi connectivity index (χ1) is 7.42. The summed E-state index contributed by atoms with van der Waals surface area (Å²) in [5.41, 5.74) is 0. The molecule has 82 valence electrons. The van der Waals surface area contributed by atoms with Crippen LogP contribution in [0.3, 0.4) is 0 Å². The molecule has 0 N–H and O–H groups in total. The van der Waals surface area contributed by atoms with E-state index in [0.29, 0.717) is 14.5 Å². The van der Waals surface area contributed by atoms with Gasteiger partial charge in [0.1, 0.15) is 0 Å². The summed E-state index contributed by atoms with van der Waals surface area (Å²) in [5.74, 6) is 3.52. The normalized spacial score (nSPS) is 27.5. The standard InChI is InChI=1S/C10H12O2S2Se/c1-2-15-10(12-4-8-6-14-8)9(1)11-3-7-5-13-7/h1-2,7-8H,3-6H2. The molecule has 2 fully saturated rings. The van der Waals surface area contributed by atoms with Gasteiger partial charge in [0.05, 0.1) is 0 Å². The molecule has 0 radical (unpaired) electrons. The third kappa shape index (κ3) is 3.13. The van der Waals surface area contributed by atoms with E-state index in [9.17, 15) is 0 Å². The Labute approximate surface area is 104 Å². The summed E-state index contributed by atoms with van der Waals surface area (Å²) >= 11 is 4.31. The zero-order chi connectivity index (χ0) is 10.1. The van der Waals surface area contributed by atoms with Crippen LogP contribution in [0.25, 0.3) is 0 Å². The van der Waals surface area contributed by atoms with Crippen LogP contribution in [0, 0.1) is 0 Å². The molecule has 0 spiro atoms. The van der Waals surface area contributed by atoms with Crippen LogP contribution in [0.2, 0.25) is 0 Å². The molecule has 1 aromatic heterocycles. The molecule has 0 saturated carbocycles. The van der Waals surface area contributed by atoms with Crippen LogP contribution in [-0.4, -0.2) is 49.7 Å². The fourth-order valence-electron chi connectivity index (χ4n) is 1.18. The Balaban J connectivity index is 1.52. The number of hydrogen-bond donors (Lipinski definition) is 0. The van der Waals surface area contributed by atoms with Gasteiger partial charge in [0, 0.05) is 0 Å². The van der Waals surface area contributed by atoms with Crippen molar-refractivity contribution in [1.29, 1.82) is 0 Å². The molecule has 2 nitrogen and oxygen atoms in total. The van der Waals surface area contributed by atoms with E-state index in [2.05, 4.69) is 11.0 Å². The Morgan fingerprint density at radius 1 is 1.20 bits per heavy atom. The first-order valence-corrected chi connectivity index (χ1v) is 8.92. The van der Waals surface area contributed by atoms with Crippen molar-refractivity contribution in [2.75, 3.05) is 24.7 Å². The van der Waals surface area contributed by atoms with Crippen LogP contribution in [0.15, 0.2) is 11.0 Å². The number of thioether (sulfide) groups is 2. The first-order valence-electron chi connectivity index (χ1n) is 4.98. The van der Waals surface area contributed by atoms with Crippen molar-refractivity contribution in [3.63, 3.8) is 0 Å². The Bertz CT molecular complexity index is 303. The van der Waals surface area contributed by atoms with Crippen molar-refractivity contribution < 1.29 is 9.47 Å². The molecule has 2 saturated heterocycles. The maximum absolute atomic E-state index is 5.78. The molecule has 0 aromatic carbocycles. The van der Waals surface area contributed by atoms with Gasteiger partial charge >= 0.3 is 104 Å². The molecule has 5 heteroatoms. The van der Waals surface area contributed by atoms with Crippen LogP contribution < -0.4 is 9.47 Å². The zero-order valence-electron chi connectivity index (χ0n) is 8.18. The molecule has 2 unspecified atom stereocenters. The summed E-state index contributed by atoms with van der Waals surface area (Å²) < 4.78 is 12.6. The second-order valence-electron chi connectivity index (χ2n) is 3.61. The molecule has 2 aliphatic rings. The third-order valence-electron chi connectivity index (χ3n) is 2.23. The Morgan fingerprint density at radius 3 is 2.53 bits per heavy atom. The molecular weight excluding hydrogens is 295 g/mol. The predicted octanol–water partition coefficient (Wildman–Crippen LogP) is 1.73. The van der Waals surface area contributed by atoms with Crippen LogP contribution in [0.4, 0.5) is 0 Å². The molecule has 0 aliphatic carbocycles. The second-order valence-corrected chi connectivity index (χ2v) is 8.12. The van der Waals surface area contributed by atoms with Crippen molar-refractivity contribution in [2.45, 2.75) is 10.5 Å². The van der Waals surface area contributed by atoms with Crippen LogP contribution in [0.1, 0.15) is 0 Å². The Hall–Kier alpha value is 0.299. The van der Waals surface area contributed by atoms with E-state index in [-0.39, 0.29) is 0 Å². The summed E-state index contributed by atoms with van der Waals surface area (Å²) in [5, 5.41) is 1.48. The van der Waals surface area contributed by atoms with Gasteiger partial charge in [-0.05, 0) is 0 Å². The summed E-state index contributed by atoms with van der Waals surface area (Å²) in [4.78, 5) is 2.18. The monoisotopic (exact) mass is 308 g/mol. The topological polar surface area (TPSA) is 18.5 Å². The summed E-state index contributed by atoms with van der Waals surface area (Å²) in [6.45, 7) is 1.72. The van der Waals surface area contributed by atoms with Gasteiger partial charge in [-0.3, -0.25) is 0 Å². The first kappa shape index (κ1) is 10.5. The molecule has 2 atom stereocenters. The number of hydrogen-bond acceptors (Lipinski definition) is 4. The third-order valence-corrected chi connectivity index (χ3v) is 5.80. The van der Waals surface area contributed by atoms with Gasteiger partial charge in [-0.15, -0.1) is 0 Å². The molecular formula is C10H12O2S2Se. The van der Waals surface area contributed by atoms with Crippen molar-refractivity contribution in [3.8, 4) is 10.4 Å². The molecule has 0 amide bonds. The van der Waals surface area contributed by atoms with Gasteiger partial charge < -0.3 is 0 Å². The van der Waals surface area contributed by atoms with E-state index >= 15 is 0 Å². The van der Waals surface area contributed by atoms with E-state index in [1.165, 1.54) is 11.5 Å². The Kier molecular flexibility index (Phi) is 3.25. The minimum absolute atomic E-state index is 0.367. The SMILES string of the molecule is c1cc(OCC2CS2)c(OCC2CS2)[se]1. The van der Waals surface area contributed by atoms with E-state index in [0.717, 1.165) is 34.1 Å². The molecule has 0 bridgehead atoms. The fraction of sp³-hybridized carbons (Fsp3) is 0.600. The Morgan fingerprint density at radius 2 is 1.87 bits per heavy atom. The summed E-state index contributed by atoms with van der Waals surface area (Å²) in [7, 11) is 0. The summed E-state index contributed by atoms with van der Waals surface area (Å²) in [6, 6.07) is 2.07. The average Bonchev–Trinajstić information content (AvgIpc) is 3.14. The van der Waals surface area contributed by atoms with Gasteiger partial charge in [-0.25, -0.2) is 0 Å². The zero-order valence-corrected chi connectivity index (χ0v) is 11.5. The van der Waals surface area contributed by atoms with Gasteiger partial charge in [0.25, 0.3) is 0 Å². The minimum atomic E-state index is 0.367. The molecule has 15 heavy (non-hydrogen) atoms. The van der Waals surface area contributed by atoms with Crippen molar-refractivity contribution >= 4 is 38.0 Å². The molecule has 2 aliphatic heterocycles. The predicted molar refractivity (Wildman–Crippen MR) is 66.9 cm³/mol. The van der Waals surface area contributed by atoms with E-state index in [1.54, 1.807) is 0 Å². The van der Waals surface area contributed by atoms with E-state index in [4.69, 9.17) is 9.47 Å². The van der Waals surface area contributed by atoms with Crippen molar-refractivity contribution in [1.82, 2.24) is 0 Å². The maximum atomic E-state index is 5.78. The molecule has 1 aromatic rings. The summed E-state index contributed by atoms with van der Waals surface area (Å²) in [6.07, 6.45) is 0. The van der Waals surface area contributed by atoms with Crippen LogP contribution in [-0.2, 0) is 0 Å². The molecule has 3 heterocycles. The van der Waals surface area contributed by atoms with E-state index in [1.807, 2.05) is 23.5 Å². The second kappa shape index (κ2) is 4.66. The fourth-order valence-corrected chi connectivity index (χ4v) is 3.43. The number of ether oxygens (including phenoxy) is 2. The van der Waals surface area contributed by atoms with Gasteiger partial charge in [0.2, 0.25) is 0 Å². The van der Waals surface area contributed by atoms with Crippen LogP contribution >= 0.6 is 23.5 Å². The quantitative estimate of drug-likeness (QED) is 0.588. The van der Waals surface area contributed by atoms with Gasteiger partial charge in [-0.1, -0.05) is 0 Å². The van der Waals surface area contributed by atoms with E-state index < -0.39 is 0 Å². The van der Waals surface area contributed by atoms with Crippen molar-refractivity contribution in [2.24, 2.45) is 0 Å². The average molecular weight is 307 g/mol. The van der Waals surface area contributed by atoms with Crippen molar-refractivity contribution in [3.05, 3.63) is 11.0 Å². The van der Waals surface area contributed by atoms with Gasteiger partial charge in [-0.2, -0.15) is 0 Å². The number of rotatable bonds is 6.